The molecule has 0 spiro atoms. The van der Waals surface area contributed by atoms with Crippen molar-refractivity contribution in [3.05, 3.63) is 30.3 Å². The molecule has 1 aromatic rings. The summed E-state index contributed by atoms with van der Waals surface area (Å²) in [4.78, 5) is 2.22. The van der Waals surface area contributed by atoms with Gasteiger partial charge in [-0.25, -0.2) is 0 Å². The zero-order chi connectivity index (χ0) is 23.2. The van der Waals surface area contributed by atoms with Gasteiger partial charge in [-0.3, -0.25) is 4.55 Å². The van der Waals surface area contributed by atoms with Crippen LogP contribution in [-0.4, -0.2) is 38.5 Å². The minimum absolute atomic E-state index is 0.0741. The first kappa shape index (κ1) is 30.1. The first-order valence-electron chi connectivity index (χ1n) is 12.5. The van der Waals surface area contributed by atoms with E-state index in [0.29, 0.717) is 0 Å². The third kappa shape index (κ3) is 22.1. The monoisotopic (exact) mass is 455 g/mol. The van der Waals surface area contributed by atoms with Crippen molar-refractivity contribution in [2.75, 3.05) is 20.6 Å². The lowest BCUT2D eigenvalue weighted by Crippen LogP contribution is -2.12. The Morgan fingerprint density at radius 1 is 0.645 bits per heavy atom. The van der Waals surface area contributed by atoms with Gasteiger partial charge in [-0.1, -0.05) is 121 Å². The Hall–Kier alpha value is -0.910. The van der Waals surface area contributed by atoms with Crippen LogP contribution >= 0.6 is 0 Å². The van der Waals surface area contributed by atoms with Gasteiger partial charge >= 0.3 is 0 Å². The second kappa shape index (κ2) is 21.0. The summed E-state index contributed by atoms with van der Waals surface area (Å²) in [7, 11) is 0.341. The maximum Gasteiger partial charge on any atom is 0.294 e. The Labute approximate surface area is 193 Å². The Bertz CT molecular complexity index is 588. The van der Waals surface area contributed by atoms with Crippen LogP contribution in [0.5, 0.6) is 0 Å². The number of hydrogen-bond acceptors (Lipinski definition) is 3. The lowest BCUT2D eigenvalue weighted by Gasteiger charge is -2.08. The van der Waals surface area contributed by atoms with Crippen LogP contribution in [0.3, 0.4) is 0 Å². The van der Waals surface area contributed by atoms with Crippen LogP contribution in [0.25, 0.3) is 0 Å². The van der Waals surface area contributed by atoms with E-state index in [9.17, 15) is 8.42 Å². The largest absolute Gasteiger partial charge is 0.309 e. The zero-order valence-electron chi connectivity index (χ0n) is 20.5. The topological polar surface area (TPSA) is 57.6 Å². The van der Waals surface area contributed by atoms with Gasteiger partial charge in [0.25, 0.3) is 10.1 Å². The van der Waals surface area contributed by atoms with E-state index in [1.165, 1.54) is 121 Å². The third-order valence-electron chi connectivity index (χ3n) is 5.50. The summed E-state index contributed by atoms with van der Waals surface area (Å²) >= 11 is 0. The highest BCUT2D eigenvalue weighted by Gasteiger charge is 2.05. The highest BCUT2D eigenvalue weighted by Crippen LogP contribution is 2.13. The second-order valence-electron chi connectivity index (χ2n) is 8.89. The maximum atomic E-state index is 10.4. The van der Waals surface area contributed by atoms with E-state index in [1.807, 2.05) is 0 Å². The minimum Gasteiger partial charge on any atom is -0.309 e. The molecule has 0 amide bonds. The summed E-state index contributed by atoms with van der Waals surface area (Å²) in [6.07, 6.45) is 23.3. The van der Waals surface area contributed by atoms with Gasteiger partial charge in [-0.05, 0) is 39.2 Å². The van der Waals surface area contributed by atoms with Crippen LogP contribution in [0, 0.1) is 0 Å². The molecule has 1 N–H and O–H groups in total. The molecule has 5 heteroatoms. The maximum absolute atomic E-state index is 10.4. The fourth-order valence-electron chi connectivity index (χ4n) is 3.57. The van der Waals surface area contributed by atoms with Crippen molar-refractivity contribution in [3.63, 3.8) is 0 Å². The highest BCUT2D eigenvalue weighted by atomic mass is 32.2. The average molecular weight is 456 g/mol. The molecular formula is C26H49NO3S. The molecule has 31 heavy (non-hydrogen) atoms. The average Bonchev–Trinajstić information content (AvgIpc) is 2.74. The number of unbranched alkanes of at least 4 members (excludes halogenated alkanes) is 15. The molecule has 0 aliphatic carbocycles. The number of nitrogens with zero attached hydrogens (tertiary/aromatic N) is 1. The summed E-state index contributed by atoms with van der Waals surface area (Å²) in [6.45, 7) is 3.56. The molecule has 0 saturated carbocycles. The van der Waals surface area contributed by atoms with Crippen LogP contribution < -0.4 is 0 Å². The van der Waals surface area contributed by atoms with Crippen LogP contribution in [0.15, 0.2) is 35.2 Å². The molecule has 4 nitrogen and oxygen atoms in total. The molecule has 0 heterocycles. The molecule has 0 atom stereocenters. The quantitative estimate of drug-likeness (QED) is 0.182. The van der Waals surface area contributed by atoms with Crippen molar-refractivity contribution in [3.8, 4) is 0 Å². The lowest BCUT2D eigenvalue weighted by molar-refractivity contribution is 0.389. The van der Waals surface area contributed by atoms with Gasteiger partial charge in [0.2, 0.25) is 0 Å². The van der Waals surface area contributed by atoms with Crippen LogP contribution in [0.4, 0.5) is 0 Å². The van der Waals surface area contributed by atoms with E-state index < -0.39 is 10.1 Å². The number of rotatable bonds is 18. The summed E-state index contributed by atoms with van der Waals surface area (Å²) in [5.41, 5.74) is 0. The number of benzene rings is 1. The van der Waals surface area contributed by atoms with Crippen LogP contribution in [0.1, 0.15) is 110 Å². The Morgan fingerprint density at radius 2 is 1.00 bits per heavy atom. The molecule has 0 aromatic heterocycles. The van der Waals surface area contributed by atoms with Crippen molar-refractivity contribution >= 4 is 10.1 Å². The molecule has 0 saturated heterocycles. The SMILES string of the molecule is CCCCCCCCCCCCCCCCCCN(C)C.O=S(=O)(O)c1ccccc1. The summed E-state index contributed by atoms with van der Waals surface area (Å²) in [5, 5.41) is 0. The van der Waals surface area contributed by atoms with E-state index in [1.54, 1.807) is 18.2 Å². The van der Waals surface area contributed by atoms with Crippen molar-refractivity contribution in [2.45, 2.75) is 115 Å². The van der Waals surface area contributed by atoms with Gasteiger partial charge in [0, 0.05) is 0 Å². The van der Waals surface area contributed by atoms with Gasteiger partial charge in [0.1, 0.15) is 0 Å². The third-order valence-corrected chi connectivity index (χ3v) is 6.37. The molecular weight excluding hydrogens is 406 g/mol. The van der Waals surface area contributed by atoms with E-state index in [4.69, 9.17) is 4.55 Å². The molecule has 0 radical (unpaired) electrons. The summed E-state index contributed by atoms with van der Waals surface area (Å²) < 4.78 is 29.2. The molecule has 0 fully saturated rings. The second-order valence-corrected chi connectivity index (χ2v) is 10.3. The molecule has 0 unspecified atom stereocenters. The van der Waals surface area contributed by atoms with Gasteiger partial charge in [-0.15, -0.1) is 0 Å². The fourth-order valence-corrected chi connectivity index (χ4v) is 4.07. The first-order chi connectivity index (χ1) is 14.9. The van der Waals surface area contributed by atoms with Crippen molar-refractivity contribution in [1.29, 1.82) is 0 Å². The van der Waals surface area contributed by atoms with E-state index >= 15 is 0 Å². The molecule has 1 aromatic carbocycles. The summed E-state index contributed by atoms with van der Waals surface area (Å²) in [6, 6.07) is 7.42. The Morgan fingerprint density at radius 3 is 1.29 bits per heavy atom. The summed E-state index contributed by atoms with van der Waals surface area (Å²) in [5.74, 6) is 0. The fraction of sp³-hybridized carbons (Fsp3) is 0.769. The van der Waals surface area contributed by atoms with Crippen molar-refractivity contribution in [2.24, 2.45) is 0 Å². The van der Waals surface area contributed by atoms with Crippen molar-refractivity contribution in [1.82, 2.24) is 4.90 Å². The first-order valence-corrected chi connectivity index (χ1v) is 14.0. The smallest absolute Gasteiger partial charge is 0.294 e. The van der Waals surface area contributed by atoms with Crippen LogP contribution in [-0.2, 0) is 10.1 Å². The van der Waals surface area contributed by atoms with Gasteiger partial charge in [0.15, 0.2) is 0 Å². The standard InChI is InChI=1S/C20H43N.C6H6O3S/c1-4-5-6-7-8-9-10-11-12-13-14-15-16-17-18-19-20-21(2)3;7-10(8,9)6-4-2-1-3-5-6/h4-20H2,1-3H3;1-5H,(H,7,8,9). The van der Waals surface area contributed by atoms with Crippen molar-refractivity contribution < 1.29 is 13.0 Å². The Kier molecular flexibility index (Phi) is 20.3. The van der Waals surface area contributed by atoms with E-state index in [0.717, 1.165) is 0 Å². The molecule has 182 valence electrons. The minimum atomic E-state index is -4.00. The Balaban J connectivity index is 0.000000743. The van der Waals surface area contributed by atoms with Crippen LogP contribution in [0.2, 0.25) is 0 Å². The van der Waals surface area contributed by atoms with E-state index in [-0.39, 0.29) is 4.90 Å². The normalized spacial score (nSPS) is 11.4. The predicted octanol–water partition coefficient (Wildman–Crippen LogP) is 7.74. The molecule has 0 bridgehead atoms. The molecule has 0 aliphatic rings. The highest BCUT2D eigenvalue weighted by molar-refractivity contribution is 7.85. The van der Waals surface area contributed by atoms with Gasteiger partial charge in [-0.2, -0.15) is 8.42 Å². The molecule has 0 aliphatic heterocycles. The van der Waals surface area contributed by atoms with Gasteiger partial charge < -0.3 is 4.90 Å². The molecule has 1 rings (SSSR count). The zero-order valence-corrected chi connectivity index (χ0v) is 21.3. The number of hydrogen-bond donors (Lipinski definition) is 1. The lowest BCUT2D eigenvalue weighted by atomic mass is 10.0. The predicted molar refractivity (Wildman–Crippen MR) is 134 cm³/mol. The van der Waals surface area contributed by atoms with Gasteiger partial charge in [0.05, 0.1) is 4.90 Å². The van der Waals surface area contributed by atoms with E-state index in [2.05, 4.69) is 25.9 Å².